The van der Waals surface area contributed by atoms with Crippen LogP contribution in [0, 0.1) is 0 Å². The van der Waals surface area contributed by atoms with E-state index in [4.69, 9.17) is 14.2 Å². The SMILES string of the molecule is COCCCN(CC(=O)N1CCc2sccc2[C@@H]1COc1ccccc1)C(=O)COC. The lowest BCUT2D eigenvalue weighted by atomic mass is 10.0. The first kappa shape index (κ1) is 23.2. The number of nitrogens with zero attached hydrogens (tertiary/aromatic N) is 2. The molecule has 1 aliphatic rings. The molecule has 0 bridgehead atoms. The summed E-state index contributed by atoms with van der Waals surface area (Å²) in [7, 11) is 3.10. The van der Waals surface area contributed by atoms with E-state index < -0.39 is 0 Å². The molecule has 0 fully saturated rings. The van der Waals surface area contributed by atoms with Crippen molar-refractivity contribution in [2.45, 2.75) is 18.9 Å². The van der Waals surface area contributed by atoms with E-state index in [2.05, 4.69) is 11.4 Å². The van der Waals surface area contributed by atoms with Gasteiger partial charge < -0.3 is 24.0 Å². The lowest BCUT2D eigenvalue weighted by molar-refractivity contribution is -0.144. The Labute approximate surface area is 187 Å². The second-order valence-corrected chi connectivity index (χ2v) is 8.37. The first-order valence-electron chi connectivity index (χ1n) is 10.4. The van der Waals surface area contributed by atoms with Crippen LogP contribution in [0.15, 0.2) is 41.8 Å². The molecule has 2 aromatic rings. The standard InChI is InChI=1S/C23H30N2O5S/c1-28-13-6-11-24(23(27)17-29-2)15-22(26)25-12-9-21-19(10-14-31-21)20(25)16-30-18-7-4-3-5-8-18/h3-5,7-8,10,14,20H,6,9,11-13,15-17H2,1-2H3/t20-/m0/s1. The number of ether oxygens (including phenoxy) is 3. The topological polar surface area (TPSA) is 68.3 Å². The van der Waals surface area contributed by atoms with Gasteiger partial charge in [-0.1, -0.05) is 18.2 Å². The highest BCUT2D eigenvalue weighted by atomic mass is 32.1. The number of hydrogen-bond acceptors (Lipinski definition) is 6. The van der Waals surface area contributed by atoms with Crippen LogP contribution in [0.3, 0.4) is 0 Å². The monoisotopic (exact) mass is 446 g/mol. The van der Waals surface area contributed by atoms with Gasteiger partial charge >= 0.3 is 0 Å². The van der Waals surface area contributed by atoms with E-state index in [1.54, 1.807) is 23.3 Å². The third-order valence-electron chi connectivity index (χ3n) is 5.29. The maximum Gasteiger partial charge on any atom is 0.249 e. The van der Waals surface area contributed by atoms with Crippen LogP contribution in [0.5, 0.6) is 5.75 Å². The summed E-state index contributed by atoms with van der Waals surface area (Å²) in [5.41, 5.74) is 1.13. The van der Waals surface area contributed by atoms with Gasteiger partial charge in [-0.3, -0.25) is 9.59 Å². The lowest BCUT2D eigenvalue weighted by Crippen LogP contribution is -2.48. The minimum Gasteiger partial charge on any atom is -0.491 e. The van der Waals surface area contributed by atoms with Gasteiger partial charge in [-0.15, -0.1) is 11.3 Å². The highest BCUT2D eigenvalue weighted by molar-refractivity contribution is 7.10. The zero-order valence-corrected chi connectivity index (χ0v) is 18.9. The molecule has 0 radical (unpaired) electrons. The van der Waals surface area contributed by atoms with Crippen molar-refractivity contribution >= 4 is 23.2 Å². The predicted molar refractivity (Wildman–Crippen MR) is 119 cm³/mol. The molecule has 8 heteroatoms. The molecule has 7 nitrogen and oxygen atoms in total. The Hall–Kier alpha value is -2.42. The molecule has 2 heterocycles. The molecule has 0 spiro atoms. The molecular weight excluding hydrogens is 416 g/mol. The van der Waals surface area contributed by atoms with E-state index in [0.29, 0.717) is 32.7 Å². The number of carbonyl (C=O) groups excluding carboxylic acids is 2. The fourth-order valence-electron chi connectivity index (χ4n) is 3.73. The van der Waals surface area contributed by atoms with Crippen molar-refractivity contribution in [1.29, 1.82) is 0 Å². The molecule has 31 heavy (non-hydrogen) atoms. The first-order valence-corrected chi connectivity index (χ1v) is 11.3. The van der Waals surface area contributed by atoms with Gasteiger partial charge in [0.1, 0.15) is 19.0 Å². The number of benzene rings is 1. The third kappa shape index (κ3) is 6.29. The molecule has 168 valence electrons. The van der Waals surface area contributed by atoms with Crippen LogP contribution in [-0.2, 0) is 25.5 Å². The Kier molecular flexibility index (Phi) is 8.87. The molecule has 0 saturated heterocycles. The van der Waals surface area contributed by atoms with E-state index in [0.717, 1.165) is 17.7 Å². The smallest absolute Gasteiger partial charge is 0.249 e. The molecule has 0 N–H and O–H groups in total. The Balaban J connectivity index is 1.72. The van der Waals surface area contributed by atoms with Crippen molar-refractivity contribution in [1.82, 2.24) is 9.80 Å². The number of carbonyl (C=O) groups is 2. The Bertz CT molecular complexity index is 842. The van der Waals surface area contributed by atoms with Gasteiger partial charge in [-0.25, -0.2) is 0 Å². The van der Waals surface area contributed by atoms with E-state index in [1.807, 2.05) is 35.2 Å². The lowest BCUT2D eigenvalue weighted by Gasteiger charge is -2.37. The van der Waals surface area contributed by atoms with Gasteiger partial charge in [0.15, 0.2) is 0 Å². The normalized spacial score (nSPS) is 15.4. The first-order chi connectivity index (χ1) is 15.1. The van der Waals surface area contributed by atoms with E-state index in [1.165, 1.54) is 12.0 Å². The van der Waals surface area contributed by atoms with E-state index in [-0.39, 0.29) is 31.0 Å². The maximum atomic E-state index is 13.3. The minimum absolute atomic E-state index is 0.0210. The quantitative estimate of drug-likeness (QED) is 0.497. The van der Waals surface area contributed by atoms with Gasteiger partial charge in [0.25, 0.3) is 0 Å². The van der Waals surface area contributed by atoms with Crippen molar-refractivity contribution in [3.05, 3.63) is 52.2 Å². The third-order valence-corrected chi connectivity index (χ3v) is 6.29. The number of rotatable bonds is 11. The summed E-state index contributed by atoms with van der Waals surface area (Å²) in [6.45, 7) is 1.93. The molecule has 0 aliphatic carbocycles. The van der Waals surface area contributed by atoms with E-state index in [9.17, 15) is 9.59 Å². The number of amides is 2. The van der Waals surface area contributed by atoms with Gasteiger partial charge in [-0.05, 0) is 42.0 Å². The summed E-state index contributed by atoms with van der Waals surface area (Å²) < 4.78 is 16.1. The Morgan fingerprint density at radius 3 is 2.71 bits per heavy atom. The van der Waals surface area contributed by atoms with Crippen molar-refractivity contribution in [3.63, 3.8) is 0 Å². The summed E-state index contributed by atoms with van der Waals surface area (Å²) in [6, 6.07) is 11.5. The summed E-state index contributed by atoms with van der Waals surface area (Å²) in [5.74, 6) is 0.492. The highest BCUT2D eigenvalue weighted by Gasteiger charge is 2.33. The van der Waals surface area contributed by atoms with Crippen LogP contribution in [0.25, 0.3) is 0 Å². The zero-order valence-electron chi connectivity index (χ0n) is 18.1. The number of methoxy groups -OCH3 is 2. The molecule has 2 amide bonds. The van der Waals surface area contributed by atoms with Crippen molar-refractivity contribution in [2.75, 3.05) is 53.7 Å². The number of fused-ring (bicyclic) bond motifs is 1. The molecule has 3 rings (SSSR count). The van der Waals surface area contributed by atoms with Gasteiger partial charge in [0, 0.05) is 38.8 Å². The van der Waals surface area contributed by atoms with Crippen molar-refractivity contribution in [2.24, 2.45) is 0 Å². The largest absolute Gasteiger partial charge is 0.491 e. The fourth-order valence-corrected chi connectivity index (χ4v) is 4.66. The Morgan fingerprint density at radius 1 is 1.16 bits per heavy atom. The molecule has 0 saturated carbocycles. The summed E-state index contributed by atoms with van der Waals surface area (Å²) in [6.07, 6.45) is 1.48. The molecular formula is C23H30N2O5S. The van der Waals surface area contributed by atoms with Gasteiger partial charge in [0.2, 0.25) is 11.8 Å². The average molecular weight is 447 g/mol. The number of thiophene rings is 1. The number of para-hydroxylation sites is 1. The predicted octanol–water partition coefficient (Wildman–Crippen LogP) is 2.76. The second kappa shape index (κ2) is 11.8. The van der Waals surface area contributed by atoms with E-state index >= 15 is 0 Å². The summed E-state index contributed by atoms with van der Waals surface area (Å²) in [4.78, 5) is 30.5. The molecule has 0 unspecified atom stereocenters. The zero-order chi connectivity index (χ0) is 22.1. The fraction of sp³-hybridized carbons (Fsp3) is 0.478. The van der Waals surface area contributed by atoms with Crippen molar-refractivity contribution < 1.29 is 23.8 Å². The summed E-state index contributed by atoms with van der Waals surface area (Å²) >= 11 is 1.72. The van der Waals surface area contributed by atoms with Crippen LogP contribution >= 0.6 is 11.3 Å². The molecule has 1 aromatic heterocycles. The van der Waals surface area contributed by atoms with Crippen LogP contribution in [0.2, 0.25) is 0 Å². The molecule has 1 aromatic carbocycles. The van der Waals surface area contributed by atoms with Crippen LogP contribution < -0.4 is 4.74 Å². The molecule has 1 atom stereocenters. The summed E-state index contributed by atoms with van der Waals surface area (Å²) in [5, 5.41) is 2.06. The minimum atomic E-state index is -0.197. The Morgan fingerprint density at radius 2 is 1.97 bits per heavy atom. The van der Waals surface area contributed by atoms with Crippen LogP contribution in [0.4, 0.5) is 0 Å². The van der Waals surface area contributed by atoms with Gasteiger partial charge in [-0.2, -0.15) is 0 Å². The van der Waals surface area contributed by atoms with Crippen LogP contribution in [-0.4, -0.2) is 75.3 Å². The number of hydrogen-bond donors (Lipinski definition) is 0. The maximum absolute atomic E-state index is 13.3. The van der Waals surface area contributed by atoms with Crippen LogP contribution in [0.1, 0.15) is 22.9 Å². The average Bonchev–Trinajstić information content (AvgIpc) is 3.26. The van der Waals surface area contributed by atoms with Gasteiger partial charge in [0.05, 0.1) is 12.6 Å². The van der Waals surface area contributed by atoms with Crippen molar-refractivity contribution in [3.8, 4) is 5.75 Å². The highest BCUT2D eigenvalue weighted by Crippen LogP contribution is 2.34. The molecule has 1 aliphatic heterocycles. The second-order valence-electron chi connectivity index (χ2n) is 7.37.